The third-order valence-corrected chi connectivity index (χ3v) is 20.9. The molecule has 1 amide bonds. The SMILES string of the molecule is COc1cccc2c1C(=O)c1c(O)c3c(c(O)c1C2=O)C[C@@](O)(/C(CO)=N/NC(=O)C(C)C)C[C@@H]3O[C@H]1CC2[C@H](O[C@@H]3[C@@H](OC)OCCN23)[C@H](C)O1.COc1cccc2c1C(=O)c1c(O)c3c(c(O)c1C2=O)C[C@@](O)(C(=O)C(C)C)C[C@@H]3O[C@H]1C[C@H]2[C@H](O[C@@H]3[C@@H](OC)OCCN32)[C@H](C)O1. The molecule has 0 spiro atoms. The van der Waals surface area contributed by atoms with Gasteiger partial charge in [0.25, 0.3) is 0 Å². The van der Waals surface area contributed by atoms with Crippen LogP contribution in [0.4, 0.5) is 0 Å². The van der Waals surface area contributed by atoms with Crippen LogP contribution in [-0.4, -0.2) is 233 Å². The number of rotatable bonds is 14. The summed E-state index contributed by atoms with van der Waals surface area (Å²) in [6.45, 7) is 11.5. The van der Waals surface area contributed by atoms with E-state index in [0.29, 0.717) is 32.7 Å². The van der Waals surface area contributed by atoms with E-state index in [1.165, 1.54) is 44.6 Å². The zero-order valence-corrected chi connectivity index (χ0v) is 56.3. The van der Waals surface area contributed by atoms with Crippen LogP contribution in [-0.2, 0) is 69.8 Å². The van der Waals surface area contributed by atoms with E-state index in [1.54, 1.807) is 48.0 Å². The van der Waals surface area contributed by atoms with Gasteiger partial charge in [-0.3, -0.25) is 38.6 Å². The molecule has 0 radical (unpaired) electrons. The zero-order chi connectivity index (χ0) is 70.7. The van der Waals surface area contributed by atoms with E-state index in [4.69, 9.17) is 56.8 Å². The summed E-state index contributed by atoms with van der Waals surface area (Å²) in [5.74, 6) is -7.04. The Morgan fingerprint density at radius 2 is 1.02 bits per heavy atom. The van der Waals surface area contributed by atoms with Gasteiger partial charge >= 0.3 is 0 Å². The minimum atomic E-state index is -2.07. The fraction of sp³-hybridized carbons (Fsp3) is 0.557. The van der Waals surface area contributed by atoms with Crippen molar-refractivity contribution in [3.63, 3.8) is 0 Å². The Labute approximate surface area is 568 Å². The number of carbonyl (C=O) groups excluding carboxylic acids is 6. The van der Waals surface area contributed by atoms with E-state index < -0.39 is 179 Å². The summed E-state index contributed by atoms with van der Waals surface area (Å²) in [6.07, 6.45) is -8.85. The fourth-order valence-corrected chi connectivity index (χ4v) is 16.1. The van der Waals surface area contributed by atoms with Crippen molar-refractivity contribution in [2.45, 2.75) is 178 Å². The molecule has 0 bridgehead atoms. The van der Waals surface area contributed by atoms with E-state index in [-0.39, 0.29) is 111 Å². The number of hydrazone groups is 1. The number of fused-ring (bicyclic) bond motifs is 12. The Bertz CT molecular complexity index is 3990. The molecule has 29 heteroatoms. The Morgan fingerprint density at radius 1 is 0.596 bits per heavy atom. The van der Waals surface area contributed by atoms with E-state index in [1.807, 2.05) is 13.8 Å². The number of hydrogen-bond acceptors (Lipinski definition) is 28. The zero-order valence-electron chi connectivity index (χ0n) is 56.3. The van der Waals surface area contributed by atoms with Gasteiger partial charge in [0.2, 0.25) is 17.5 Å². The molecule has 99 heavy (non-hydrogen) atoms. The second-order valence-corrected chi connectivity index (χ2v) is 27.3. The smallest absolute Gasteiger partial charge is 0.242 e. The highest BCUT2D eigenvalue weighted by Gasteiger charge is 2.58. The number of Topliss-reactive ketones (excluding diaryl/α,β-unsaturated/α-hetero) is 1. The number of benzene rings is 4. The molecular weight excluding hydrogens is 1300 g/mol. The van der Waals surface area contributed by atoms with Crippen molar-refractivity contribution in [2.75, 3.05) is 61.3 Å². The first-order valence-electron chi connectivity index (χ1n) is 33.2. The molecule has 6 aliphatic heterocycles. The summed E-state index contributed by atoms with van der Waals surface area (Å²) in [5, 5.41) is 85.9. The molecule has 0 saturated carbocycles. The van der Waals surface area contributed by atoms with Crippen LogP contribution in [0.1, 0.15) is 165 Å². The van der Waals surface area contributed by atoms with Crippen LogP contribution in [0.15, 0.2) is 41.5 Å². The van der Waals surface area contributed by atoms with Crippen LogP contribution in [0, 0.1) is 11.8 Å². The van der Waals surface area contributed by atoms with Crippen molar-refractivity contribution < 1.29 is 121 Å². The molecule has 4 aliphatic carbocycles. The quantitative estimate of drug-likeness (QED) is 0.0438. The minimum absolute atomic E-state index is 0.00341. The molecule has 1 unspecified atom stereocenters. The first-order chi connectivity index (χ1) is 47.2. The van der Waals surface area contributed by atoms with E-state index in [2.05, 4.69) is 20.3 Å². The monoisotopic (exact) mass is 1380 g/mol. The van der Waals surface area contributed by atoms with Gasteiger partial charge in [0.1, 0.15) is 57.9 Å². The molecule has 0 aromatic heterocycles. The Kier molecular flexibility index (Phi) is 19.0. The normalized spacial score (nSPS) is 32.2. The third kappa shape index (κ3) is 11.6. The molecule has 532 valence electrons. The lowest BCUT2D eigenvalue weighted by atomic mass is 9.70. The summed E-state index contributed by atoms with van der Waals surface area (Å²) >= 11 is 0. The van der Waals surface area contributed by atoms with Crippen LogP contribution < -0.4 is 14.9 Å². The van der Waals surface area contributed by atoms with Crippen molar-refractivity contribution in [1.29, 1.82) is 0 Å². The van der Waals surface area contributed by atoms with Crippen LogP contribution in [0.2, 0.25) is 0 Å². The summed E-state index contributed by atoms with van der Waals surface area (Å²) < 4.78 is 71.5. The highest BCUT2D eigenvalue weighted by Crippen LogP contribution is 2.56. The number of carbonyl (C=O) groups is 6. The molecule has 4 aromatic carbocycles. The van der Waals surface area contributed by atoms with Gasteiger partial charge in [-0.05, 0) is 26.0 Å². The molecular formula is C70H82N4O25. The summed E-state index contributed by atoms with van der Waals surface area (Å²) in [7, 11) is 5.81. The van der Waals surface area contributed by atoms with E-state index >= 15 is 0 Å². The van der Waals surface area contributed by atoms with Gasteiger partial charge in [-0.15, -0.1) is 0 Å². The lowest BCUT2D eigenvalue weighted by Gasteiger charge is -2.44. The average molecular weight is 1380 g/mol. The number of amides is 1. The van der Waals surface area contributed by atoms with Crippen LogP contribution in [0.5, 0.6) is 34.5 Å². The Balaban J connectivity index is 0.000000179. The molecule has 8 N–H and O–H groups in total. The predicted molar refractivity (Wildman–Crippen MR) is 341 cm³/mol. The Morgan fingerprint density at radius 3 is 1.42 bits per heavy atom. The average Bonchev–Trinajstić information content (AvgIpc) is 1.61. The summed E-state index contributed by atoms with van der Waals surface area (Å²) in [6, 6.07) is 8.66. The Hall–Kier alpha value is -7.43. The van der Waals surface area contributed by atoms with Crippen molar-refractivity contribution in [2.24, 2.45) is 16.9 Å². The second kappa shape index (κ2) is 26.8. The number of nitrogens with zero attached hydrogens (tertiary/aromatic N) is 3. The van der Waals surface area contributed by atoms with Gasteiger partial charge in [0.15, 0.2) is 55.0 Å². The number of aromatic hydroxyl groups is 4. The van der Waals surface area contributed by atoms with Gasteiger partial charge in [0.05, 0.1) is 97.5 Å². The number of ether oxygens (including phenoxy) is 12. The van der Waals surface area contributed by atoms with Gasteiger partial charge in [0, 0.05) is 123 Å². The molecule has 6 fully saturated rings. The number of methoxy groups -OCH3 is 4. The number of ketones is 5. The second-order valence-electron chi connectivity index (χ2n) is 27.3. The van der Waals surface area contributed by atoms with Gasteiger partial charge in [-0.1, -0.05) is 52.0 Å². The summed E-state index contributed by atoms with van der Waals surface area (Å²) in [5.41, 5.74) is -3.91. The fourth-order valence-electron chi connectivity index (χ4n) is 16.1. The number of aliphatic hydroxyl groups excluding tert-OH is 1. The topological polar surface area (TPSA) is 386 Å². The number of phenolic OH excluding ortho intramolecular Hbond substituents is 4. The number of hydrogen-bond donors (Lipinski definition) is 8. The molecule has 14 rings (SSSR count). The van der Waals surface area contributed by atoms with E-state index in [9.17, 15) is 64.5 Å². The van der Waals surface area contributed by atoms with Crippen molar-refractivity contribution in [1.82, 2.24) is 15.2 Å². The standard InChI is InChI=1S/C36H43N3O13.C34H39NO12/c1-15(2)33(45)38-37-22(14-40)36(46)12-18-25(31(44)27-26(29(18)42)28(41)17-7-6-8-20(47-4)24(17)30(27)43)21(13-36)51-23-11-19-32(16(3)50-23)52-34-35(48-5)49-10-9-39(19)34;1-14(2)31(40)34(41)12-17-23(29(39)25-24(27(17)37)26(36)16-7-6-8-19(42-4)22(16)28(25)38)20(13-34)46-21-11-18-30(15(3)45-21)47-32-33(43-5)44-10-9-35(18)32/h6-8,15-16,19,21,23,32,34-35,40,42,44,46H,9-14H2,1-5H3,(H,38,45);6-8,14-15,18,20-21,30,32-33,37,39,41H,9-13H2,1-5H3/b37-22+;/t16-,19?,21-,23-,32+,34+,35-,36-;15-,18-,20-,21-,30+,32+,33-,34-/m00/s1. The number of phenols is 4. The molecule has 6 saturated heterocycles. The van der Waals surface area contributed by atoms with Crippen LogP contribution in [0.3, 0.4) is 0 Å². The lowest BCUT2D eigenvalue weighted by Crippen LogP contribution is -2.55. The maximum Gasteiger partial charge on any atom is 0.242 e. The maximum absolute atomic E-state index is 14.1. The molecule has 4 aromatic rings. The number of nitrogens with one attached hydrogen (secondary N) is 1. The highest BCUT2D eigenvalue weighted by atomic mass is 16.7. The minimum Gasteiger partial charge on any atom is -0.507 e. The van der Waals surface area contributed by atoms with Crippen molar-refractivity contribution >= 4 is 40.5 Å². The third-order valence-electron chi connectivity index (χ3n) is 20.9. The van der Waals surface area contributed by atoms with Gasteiger partial charge in [-0.25, -0.2) is 5.43 Å². The maximum atomic E-state index is 14.1. The largest absolute Gasteiger partial charge is 0.507 e. The molecule has 16 atom stereocenters. The van der Waals surface area contributed by atoms with Crippen LogP contribution in [0.25, 0.3) is 0 Å². The highest BCUT2D eigenvalue weighted by molar-refractivity contribution is 6.32. The lowest BCUT2D eigenvalue weighted by molar-refractivity contribution is -0.256. The van der Waals surface area contributed by atoms with E-state index in [0.717, 1.165) is 0 Å². The number of morpholine rings is 2. The first kappa shape index (κ1) is 70.0. The van der Waals surface area contributed by atoms with Crippen molar-refractivity contribution in [3.05, 3.63) is 103 Å². The summed E-state index contributed by atoms with van der Waals surface area (Å²) in [4.78, 5) is 85.9. The molecule has 10 aliphatic rings. The predicted octanol–water partition coefficient (Wildman–Crippen LogP) is 3.65. The van der Waals surface area contributed by atoms with Crippen molar-refractivity contribution in [3.8, 4) is 34.5 Å². The van der Waals surface area contributed by atoms with Crippen LogP contribution >= 0.6 is 0 Å². The molecule has 29 nitrogen and oxygen atoms in total. The first-order valence-corrected chi connectivity index (χ1v) is 33.2. The van der Waals surface area contributed by atoms with Gasteiger partial charge < -0.3 is 92.6 Å². The van der Waals surface area contributed by atoms with Gasteiger partial charge in [-0.2, -0.15) is 5.10 Å². The number of aliphatic hydroxyl groups is 3. The molecule has 6 heterocycles.